The Balaban J connectivity index is 1.69. The van der Waals surface area contributed by atoms with Crippen molar-refractivity contribution in [3.8, 4) is 0 Å². The van der Waals surface area contributed by atoms with Crippen LogP contribution in [-0.4, -0.2) is 59.9 Å². The Labute approximate surface area is 159 Å². The van der Waals surface area contributed by atoms with Crippen molar-refractivity contribution in [2.45, 2.75) is 71.9 Å². The molecule has 0 saturated heterocycles. The van der Waals surface area contributed by atoms with Crippen LogP contribution in [0.1, 0.15) is 56.8 Å². The fourth-order valence-electron chi connectivity index (χ4n) is 3.71. The highest BCUT2D eigenvalue weighted by molar-refractivity contribution is 5.79. The fraction of sp³-hybridized carbons (Fsp3) is 0.800. The largest absolute Gasteiger partial charge is 0.357 e. The van der Waals surface area contributed by atoms with Gasteiger partial charge < -0.3 is 15.5 Å². The molecular formula is C20H38N6. The van der Waals surface area contributed by atoms with Crippen molar-refractivity contribution < 1.29 is 0 Å². The van der Waals surface area contributed by atoms with Gasteiger partial charge in [-0.2, -0.15) is 5.10 Å². The molecule has 0 unspecified atom stereocenters. The van der Waals surface area contributed by atoms with Crippen LogP contribution in [0.4, 0.5) is 0 Å². The first kappa shape index (κ1) is 20.7. The van der Waals surface area contributed by atoms with Crippen molar-refractivity contribution in [3.63, 3.8) is 0 Å². The molecule has 0 aliphatic heterocycles. The highest BCUT2D eigenvalue weighted by Gasteiger charge is 2.17. The van der Waals surface area contributed by atoms with Gasteiger partial charge in [-0.25, -0.2) is 0 Å². The van der Waals surface area contributed by atoms with Crippen LogP contribution in [-0.2, 0) is 6.54 Å². The molecular weight excluding hydrogens is 324 g/mol. The molecule has 1 saturated carbocycles. The minimum atomic E-state index is 0.769. The SMILES string of the molecule is CCNC(=NCCCn1nc(C)cc1C)NCCN(C)C1CCCCC1. The Morgan fingerprint density at radius 3 is 2.69 bits per heavy atom. The summed E-state index contributed by atoms with van der Waals surface area (Å²) in [6.07, 6.45) is 7.91. The summed E-state index contributed by atoms with van der Waals surface area (Å²) in [5.74, 6) is 0.929. The third-order valence-electron chi connectivity index (χ3n) is 5.20. The molecule has 2 N–H and O–H groups in total. The van der Waals surface area contributed by atoms with Gasteiger partial charge in [-0.05, 0) is 53.1 Å². The van der Waals surface area contributed by atoms with Crippen LogP contribution < -0.4 is 10.6 Å². The van der Waals surface area contributed by atoms with Crippen LogP contribution in [0.3, 0.4) is 0 Å². The summed E-state index contributed by atoms with van der Waals surface area (Å²) in [5, 5.41) is 11.3. The lowest BCUT2D eigenvalue weighted by Crippen LogP contribution is -2.43. The van der Waals surface area contributed by atoms with Crippen LogP contribution in [0, 0.1) is 13.8 Å². The molecule has 0 radical (unpaired) electrons. The van der Waals surface area contributed by atoms with Gasteiger partial charge in [-0.1, -0.05) is 19.3 Å². The van der Waals surface area contributed by atoms with Crippen molar-refractivity contribution in [3.05, 3.63) is 17.5 Å². The molecule has 0 atom stereocenters. The van der Waals surface area contributed by atoms with E-state index in [9.17, 15) is 0 Å². The van der Waals surface area contributed by atoms with Crippen molar-refractivity contribution >= 4 is 5.96 Å². The van der Waals surface area contributed by atoms with Crippen molar-refractivity contribution in [2.24, 2.45) is 4.99 Å². The molecule has 0 spiro atoms. The number of aliphatic imine (C=N–C) groups is 1. The number of hydrogen-bond acceptors (Lipinski definition) is 3. The number of likely N-dealkylation sites (N-methyl/N-ethyl adjacent to an activating group) is 1. The second kappa shape index (κ2) is 11.2. The molecule has 0 amide bonds. The van der Waals surface area contributed by atoms with E-state index in [4.69, 9.17) is 4.99 Å². The fourth-order valence-corrected chi connectivity index (χ4v) is 3.71. The normalized spacial score (nSPS) is 16.3. The number of rotatable bonds is 9. The molecule has 26 heavy (non-hydrogen) atoms. The van der Waals surface area contributed by atoms with Gasteiger partial charge in [0, 0.05) is 44.5 Å². The Morgan fingerprint density at radius 1 is 1.27 bits per heavy atom. The van der Waals surface area contributed by atoms with E-state index in [0.29, 0.717) is 0 Å². The molecule has 1 fully saturated rings. The van der Waals surface area contributed by atoms with E-state index >= 15 is 0 Å². The van der Waals surface area contributed by atoms with Gasteiger partial charge in [0.15, 0.2) is 5.96 Å². The van der Waals surface area contributed by atoms with Gasteiger partial charge in [-0.3, -0.25) is 9.67 Å². The van der Waals surface area contributed by atoms with E-state index in [1.54, 1.807) is 0 Å². The summed E-state index contributed by atoms with van der Waals surface area (Å²) in [5.41, 5.74) is 2.31. The van der Waals surface area contributed by atoms with Crippen LogP contribution in [0.5, 0.6) is 0 Å². The van der Waals surface area contributed by atoms with Gasteiger partial charge >= 0.3 is 0 Å². The zero-order valence-corrected chi connectivity index (χ0v) is 17.2. The minimum Gasteiger partial charge on any atom is -0.357 e. The van der Waals surface area contributed by atoms with E-state index in [2.05, 4.69) is 52.3 Å². The number of guanidine groups is 1. The molecule has 1 aromatic rings. The van der Waals surface area contributed by atoms with Crippen LogP contribution in [0.25, 0.3) is 0 Å². The highest BCUT2D eigenvalue weighted by Crippen LogP contribution is 2.21. The summed E-state index contributed by atoms with van der Waals surface area (Å²) in [6, 6.07) is 2.89. The zero-order chi connectivity index (χ0) is 18.8. The van der Waals surface area contributed by atoms with E-state index < -0.39 is 0 Å². The van der Waals surface area contributed by atoms with E-state index in [1.807, 2.05) is 6.92 Å². The maximum atomic E-state index is 4.71. The third kappa shape index (κ3) is 6.98. The van der Waals surface area contributed by atoms with Gasteiger partial charge in [0.25, 0.3) is 0 Å². The second-order valence-corrected chi connectivity index (χ2v) is 7.46. The van der Waals surface area contributed by atoms with Gasteiger partial charge in [0.2, 0.25) is 0 Å². The number of aryl methyl sites for hydroxylation is 3. The van der Waals surface area contributed by atoms with Crippen molar-refractivity contribution in [2.75, 3.05) is 33.2 Å². The van der Waals surface area contributed by atoms with Crippen molar-refractivity contribution in [1.29, 1.82) is 0 Å². The molecule has 1 aromatic heterocycles. The first-order valence-corrected chi connectivity index (χ1v) is 10.3. The van der Waals surface area contributed by atoms with Crippen LogP contribution in [0.2, 0.25) is 0 Å². The Hall–Kier alpha value is -1.56. The summed E-state index contributed by atoms with van der Waals surface area (Å²) in [7, 11) is 2.26. The molecule has 6 heteroatoms. The third-order valence-corrected chi connectivity index (χ3v) is 5.20. The summed E-state index contributed by atoms with van der Waals surface area (Å²) in [6.45, 7) is 10.9. The van der Waals surface area contributed by atoms with E-state index in [0.717, 1.165) is 56.8 Å². The van der Waals surface area contributed by atoms with E-state index in [-0.39, 0.29) is 0 Å². The minimum absolute atomic E-state index is 0.769. The lowest BCUT2D eigenvalue weighted by molar-refractivity contribution is 0.194. The second-order valence-electron chi connectivity index (χ2n) is 7.46. The molecule has 0 aromatic carbocycles. The van der Waals surface area contributed by atoms with Crippen LogP contribution in [0.15, 0.2) is 11.1 Å². The smallest absolute Gasteiger partial charge is 0.191 e. The zero-order valence-electron chi connectivity index (χ0n) is 17.2. The van der Waals surface area contributed by atoms with Gasteiger partial charge in [0.1, 0.15) is 0 Å². The van der Waals surface area contributed by atoms with Crippen molar-refractivity contribution in [1.82, 2.24) is 25.3 Å². The topological polar surface area (TPSA) is 57.5 Å². The first-order valence-electron chi connectivity index (χ1n) is 10.3. The maximum absolute atomic E-state index is 4.71. The lowest BCUT2D eigenvalue weighted by Gasteiger charge is -2.31. The maximum Gasteiger partial charge on any atom is 0.191 e. The molecule has 6 nitrogen and oxygen atoms in total. The molecule has 1 heterocycles. The van der Waals surface area contributed by atoms with Crippen LogP contribution >= 0.6 is 0 Å². The first-order chi connectivity index (χ1) is 12.6. The number of nitrogens with zero attached hydrogens (tertiary/aromatic N) is 4. The number of aromatic nitrogens is 2. The Bertz CT molecular complexity index is 544. The van der Waals surface area contributed by atoms with Gasteiger partial charge in [-0.15, -0.1) is 0 Å². The summed E-state index contributed by atoms with van der Waals surface area (Å²) in [4.78, 5) is 7.22. The quantitative estimate of drug-likeness (QED) is 0.403. The monoisotopic (exact) mass is 362 g/mol. The molecule has 1 aliphatic rings. The standard InChI is InChI=1S/C20H38N6/c1-5-21-20(22-12-9-14-26-18(3)16-17(2)24-26)23-13-15-25(4)19-10-7-6-8-11-19/h16,19H,5-15H2,1-4H3,(H2,21,22,23). The average Bonchev–Trinajstić information content (AvgIpc) is 2.96. The van der Waals surface area contributed by atoms with Gasteiger partial charge in [0.05, 0.1) is 5.69 Å². The number of hydrogen-bond donors (Lipinski definition) is 2. The lowest BCUT2D eigenvalue weighted by atomic mass is 9.94. The molecule has 0 bridgehead atoms. The molecule has 2 rings (SSSR count). The predicted octanol–water partition coefficient (Wildman–Crippen LogP) is 2.71. The van der Waals surface area contributed by atoms with E-state index in [1.165, 1.54) is 37.8 Å². The Morgan fingerprint density at radius 2 is 2.04 bits per heavy atom. The predicted molar refractivity (Wildman–Crippen MR) is 110 cm³/mol. The average molecular weight is 363 g/mol. The molecule has 1 aliphatic carbocycles. The summed E-state index contributed by atoms with van der Waals surface area (Å²) < 4.78 is 2.07. The summed E-state index contributed by atoms with van der Waals surface area (Å²) >= 11 is 0. The highest BCUT2D eigenvalue weighted by atomic mass is 15.3. The Kier molecular flexibility index (Phi) is 8.95. The molecule has 148 valence electrons. The number of nitrogens with one attached hydrogen (secondary N) is 2.